The maximum atomic E-state index is 15.2. The zero-order chi connectivity index (χ0) is 19.8. The Morgan fingerprint density at radius 1 is 1.30 bits per heavy atom. The third kappa shape index (κ3) is 2.53. The van der Waals surface area contributed by atoms with Gasteiger partial charge >= 0.3 is 0 Å². The predicted molar refractivity (Wildman–Crippen MR) is 105 cm³/mol. The minimum absolute atomic E-state index is 0.0147. The lowest BCUT2D eigenvalue weighted by atomic mass is 10.0. The van der Waals surface area contributed by atoms with Gasteiger partial charge in [-0.3, -0.25) is 0 Å². The molecule has 0 bridgehead atoms. The molecule has 1 aromatic rings. The van der Waals surface area contributed by atoms with Gasteiger partial charge in [-0.25, -0.2) is 17.8 Å². The summed E-state index contributed by atoms with van der Waals surface area (Å²) in [5.74, 6) is -0.0502. The molecule has 3 heterocycles. The summed E-state index contributed by atoms with van der Waals surface area (Å²) in [6.07, 6.45) is 0. The SMILES string of the molecule is C=C1N=C2c3c(c(Cl)c(C)c(F)c3S(=O)(=O)CC3CN(C)CC(C)N23)N1C. The van der Waals surface area contributed by atoms with Crippen molar-refractivity contribution in [1.29, 1.82) is 0 Å². The Morgan fingerprint density at radius 3 is 2.63 bits per heavy atom. The molecule has 4 rings (SSSR count). The van der Waals surface area contributed by atoms with E-state index in [-0.39, 0.29) is 38.9 Å². The third-order valence-corrected chi connectivity index (χ3v) is 7.94. The molecule has 0 aliphatic carbocycles. The maximum absolute atomic E-state index is 15.2. The number of anilines is 1. The van der Waals surface area contributed by atoms with Crippen molar-refractivity contribution >= 4 is 33.0 Å². The first-order valence-corrected chi connectivity index (χ1v) is 10.8. The molecule has 0 aromatic heterocycles. The molecule has 146 valence electrons. The van der Waals surface area contributed by atoms with Crippen LogP contribution in [0.4, 0.5) is 10.1 Å². The normalized spacial score (nSPS) is 27.0. The van der Waals surface area contributed by atoms with E-state index >= 15 is 4.39 Å². The van der Waals surface area contributed by atoms with E-state index in [9.17, 15) is 8.42 Å². The summed E-state index contributed by atoms with van der Waals surface area (Å²) >= 11 is 6.48. The molecule has 1 aromatic carbocycles. The topological polar surface area (TPSA) is 56.2 Å². The van der Waals surface area contributed by atoms with Crippen molar-refractivity contribution in [2.24, 2.45) is 4.99 Å². The van der Waals surface area contributed by atoms with Crippen molar-refractivity contribution in [2.75, 3.05) is 37.8 Å². The van der Waals surface area contributed by atoms with Crippen LogP contribution >= 0.6 is 11.6 Å². The van der Waals surface area contributed by atoms with Crippen LogP contribution in [0.1, 0.15) is 18.1 Å². The highest BCUT2D eigenvalue weighted by Crippen LogP contribution is 2.45. The first kappa shape index (κ1) is 18.7. The first-order valence-electron chi connectivity index (χ1n) is 8.77. The van der Waals surface area contributed by atoms with Crippen LogP contribution in [0.5, 0.6) is 0 Å². The van der Waals surface area contributed by atoms with Crippen molar-refractivity contribution in [1.82, 2.24) is 9.80 Å². The Kier molecular flexibility index (Phi) is 4.11. The van der Waals surface area contributed by atoms with Gasteiger partial charge in [0.2, 0.25) is 0 Å². The lowest BCUT2D eigenvalue weighted by molar-refractivity contribution is 0.115. The number of fused-ring (bicyclic) bond motifs is 2. The van der Waals surface area contributed by atoms with Gasteiger partial charge in [-0.2, -0.15) is 0 Å². The lowest BCUT2D eigenvalue weighted by Gasteiger charge is -2.46. The molecule has 0 saturated carbocycles. The Balaban J connectivity index is 2.13. The number of sulfone groups is 1. The number of hydrogen-bond acceptors (Lipinski definition) is 6. The Bertz CT molecular complexity index is 1010. The summed E-state index contributed by atoms with van der Waals surface area (Å²) in [6, 6.07) is -0.307. The van der Waals surface area contributed by atoms with E-state index in [2.05, 4.69) is 16.5 Å². The van der Waals surface area contributed by atoms with E-state index in [1.165, 1.54) is 6.92 Å². The molecule has 1 fully saturated rings. The van der Waals surface area contributed by atoms with Crippen LogP contribution in [0.3, 0.4) is 0 Å². The number of likely N-dealkylation sites (N-methyl/N-ethyl adjacent to an activating group) is 1. The fraction of sp³-hybridized carbons (Fsp3) is 0.500. The van der Waals surface area contributed by atoms with Crippen LogP contribution in [0, 0.1) is 12.7 Å². The van der Waals surface area contributed by atoms with Crippen molar-refractivity contribution in [3.8, 4) is 0 Å². The number of piperazine rings is 1. The van der Waals surface area contributed by atoms with Gasteiger partial charge in [-0.1, -0.05) is 18.2 Å². The number of nitrogens with zero attached hydrogens (tertiary/aromatic N) is 4. The highest BCUT2D eigenvalue weighted by Gasteiger charge is 2.46. The molecule has 3 aliphatic rings. The Labute approximate surface area is 163 Å². The van der Waals surface area contributed by atoms with Crippen LogP contribution in [0.25, 0.3) is 0 Å². The second-order valence-corrected chi connectivity index (χ2v) is 9.98. The van der Waals surface area contributed by atoms with Gasteiger partial charge in [0.1, 0.15) is 22.4 Å². The number of halogens is 2. The largest absolute Gasteiger partial charge is 0.347 e. The molecule has 27 heavy (non-hydrogen) atoms. The molecule has 1 saturated heterocycles. The van der Waals surface area contributed by atoms with Gasteiger partial charge < -0.3 is 14.7 Å². The molecule has 0 amide bonds. The van der Waals surface area contributed by atoms with Crippen LogP contribution in [-0.4, -0.2) is 69.1 Å². The summed E-state index contributed by atoms with van der Waals surface area (Å²) in [5, 5.41) is 0.192. The average Bonchev–Trinajstić information content (AvgIpc) is 2.64. The van der Waals surface area contributed by atoms with Crippen molar-refractivity contribution in [2.45, 2.75) is 30.8 Å². The van der Waals surface area contributed by atoms with Crippen LogP contribution in [-0.2, 0) is 9.84 Å². The molecule has 2 atom stereocenters. The molecule has 0 spiro atoms. The van der Waals surface area contributed by atoms with Crippen molar-refractivity contribution in [3.05, 3.63) is 34.4 Å². The van der Waals surface area contributed by atoms with Crippen LogP contribution in [0.2, 0.25) is 5.02 Å². The van der Waals surface area contributed by atoms with Gasteiger partial charge in [0.15, 0.2) is 9.84 Å². The van der Waals surface area contributed by atoms with Gasteiger partial charge in [-0.05, 0) is 20.9 Å². The molecule has 0 radical (unpaired) electrons. The van der Waals surface area contributed by atoms with E-state index in [1.807, 2.05) is 18.9 Å². The number of rotatable bonds is 0. The molecular formula is C18H22ClFN4O2S. The maximum Gasteiger partial charge on any atom is 0.184 e. The number of aliphatic imine (C=N–C) groups is 1. The predicted octanol–water partition coefficient (Wildman–Crippen LogP) is 2.25. The van der Waals surface area contributed by atoms with Crippen LogP contribution < -0.4 is 4.90 Å². The highest BCUT2D eigenvalue weighted by molar-refractivity contribution is 7.91. The molecule has 3 aliphatic heterocycles. The fourth-order valence-electron chi connectivity index (χ4n) is 4.43. The van der Waals surface area contributed by atoms with E-state index in [1.54, 1.807) is 11.9 Å². The fourth-order valence-corrected chi connectivity index (χ4v) is 6.60. The number of amidine groups is 1. The summed E-state index contributed by atoms with van der Waals surface area (Å²) in [7, 11) is -0.206. The summed E-state index contributed by atoms with van der Waals surface area (Å²) in [4.78, 5) is 10.0. The lowest BCUT2D eigenvalue weighted by Crippen LogP contribution is -2.60. The van der Waals surface area contributed by atoms with Crippen molar-refractivity contribution in [3.63, 3.8) is 0 Å². The van der Waals surface area contributed by atoms with E-state index in [0.29, 0.717) is 23.9 Å². The van der Waals surface area contributed by atoms with E-state index in [4.69, 9.17) is 11.6 Å². The standard InChI is InChI=1S/C18H22ClFN4O2S/c1-9-6-22(4)7-12-8-27(25,26)17-13-16(14(19)10(2)15(17)20)23(5)11(3)21-18(13)24(9)12/h9,12H,3,6-8H2,1-2,4-5H3. The molecular weight excluding hydrogens is 391 g/mol. The first-order chi connectivity index (χ1) is 12.5. The molecule has 0 N–H and O–H groups in total. The monoisotopic (exact) mass is 412 g/mol. The molecule has 6 nitrogen and oxygen atoms in total. The second kappa shape index (κ2) is 5.93. The van der Waals surface area contributed by atoms with Crippen LogP contribution in [0.15, 0.2) is 22.3 Å². The Morgan fingerprint density at radius 2 is 1.96 bits per heavy atom. The number of hydrogen-bond donors (Lipinski definition) is 0. The minimum atomic E-state index is -3.88. The number of benzene rings is 1. The van der Waals surface area contributed by atoms with Crippen molar-refractivity contribution < 1.29 is 12.8 Å². The minimum Gasteiger partial charge on any atom is -0.347 e. The Hall–Kier alpha value is -1.64. The van der Waals surface area contributed by atoms with E-state index in [0.717, 1.165) is 6.54 Å². The molecule has 2 unspecified atom stereocenters. The van der Waals surface area contributed by atoms with E-state index < -0.39 is 15.7 Å². The smallest absolute Gasteiger partial charge is 0.184 e. The quantitative estimate of drug-likeness (QED) is 0.654. The van der Waals surface area contributed by atoms with Gasteiger partial charge in [-0.15, -0.1) is 0 Å². The van der Waals surface area contributed by atoms with Gasteiger partial charge in [0.05, 0.1) is 28.1 Å². The average molecular weight is 413 g/mol. The summed E-state index contributed by atoms with van der Waals surface area (Å²) < 4.78 is 41.7. The zero-order valence-electron chi connectivity index (χ0n) is 15.8. The zero-order valence-corrected chi connectivity index (χ0v) is 17.3. The van der Waals surface area contributed by atoms with Gasteiger partial charge in [0, 0.05) is 31.7 Å². The summed E-state index contributed by atoms with van der Waals surface area (Å²) in [5.41, 5.74) is 0.841. The molecule has 9 heteroatoms. The third-order valence-electron chi connectivity index (χ3n) is 5.64. The summed E-state index contributed by atoms with van der Waals surface area (Å²) in [6.45, 7) is 8.82. The highest BCUT2D eigenvalue weighted by atomic mass is 35.5. The van der Waals surface area contributed by atoms with Gasteiger partial charge in [0.25, 0.3) is 0 Å². The second-order valence-electron chi connectivity index (χ2n) is 7.63.